The number of aliphatic carboxylic acids is 1. The highest BCUT2D eigenvalue weighted by Gasteiger charge is 2.26. The van der Waals surface area contributed by atoms with Crippen LogP contribution in [0.25, 0.3) is 0 Å². The van der Waals surface area contributed by atoms with Crippen LogP contribution in [0.2, 0.25) is 5.02 Å². The number of anilines is 1. The van der Waals surface area contributed by atoms with Gasteiger partial charge in [-0.3, -0.25) is 4.79 Å². The molecule has 1 aliphatic heterocycles. The molecule has 1 saturated heterocycles. The summed E-state index contributed by atoms with van der Waals surface area (Å²) in [4.78, 5) is 13.1. The second kappa shape index (κ2) is 6.62. The molecule has 0 bridgehead atoms. The van der Waals surface area contributed by atoms with E-state index in [9.17, 15) is 4.79 Å². The maximum absolute atomic E-state index is 11.0. The van der Waals surface area contributed by atoms with Crippen molar-refractivity contribution >= 4 is 34.0 Å². The monoisotopic (exact) mass is 337 g/mol. The number of carboxylic acid groups (broad SMARTS) is 1. The van der Waals surface area contributed by atoms with Crippen molar-refractivity contribution < 1.29 is 9.90 Å². The lowest BCUT2D eigenvalue weighted by Gasteiger charge is -2.29. The fourth-order valence-electron chi connectivity index (χ4n) is 2.54. The maximum Gasteiger partial charge on any atom is 0.306 e. The van der Waals surface area contributed by atoms with E-state index in [2.05, 4.69) is 15.1 Å². The molecule has 0 unspecified atom stereocenters. The number of rotatable bonds is 4. The molecule has 116 valence electrons. The van der Waals surface area contributed by atoms with Gasteiger partial charge in [0.2, 0.25) is 5.13 Å². The minimum Gasteiger partial charge on any atom is -0.481 e. The van der Waals surface area contributed by atoms with E-state index in [0.717, 1.165) is 40.2 Å². The zero-order valence-electron chi connectivity index (χ0n) is 11.9. The van der Waals surface area contributed by atoms with E-state index in [0.29, 0.717) is 12.8 Å². The van der Waals surface area contributed by atoms with E-state index in [1.54, 1.807) is 11.3 Å². The van der Waals surface area contributed by atoms with Crippen LogP contribution in [-0.2, 0) is 11.2 Å². The van der Waals surface area contributed by atoms with Gasteiger partial charge >= 0.3 is 5.97 Å². The van der Waals surface area contributed by atoms with E-state index in [1.165, 1.54) is 0 Å². The maximum atomic E-state index is 11.0. The van der Waals surface area contributed by atoms with Crippen molar-refractivity contribution in [3.63, 3.8) is 0 Å². The third-order valence-electron chi connectivity index (χ3n) is 3.84. The average Bonchev–Trinajstić information content (AvgIpc) is 2.98. The van der Waals surface area contributed by atoms with Gasteiger partial charge in [-0.05, 0) is 30.5 Å². The van der Waals surface area contributed by atoms with Crippen LogP contribution in [-0.4, -0.2) is 34.4 Å². The highest BCUT2D eigenvalue weighted by atomic mass is 35.5. The SMILES string of the molecule is O=C(O)C1CCN(c2nnc(Cc3ccc(Cl)cc3)s2)CC1. The van der Waals surface area contributed by atoms with Crippen molar-refractivity contribution in [3.8, 4) is 0 Å². The van der Waals surface area contributed by atoms with Gasteiger partial charge in [0.15, 0.2) is 0 Å². The summed E-state index contributed by atoms with van der Waals surface area (Å²) in [6.45, 7) is 1.46. The Hall–Kier alpha value is -1.66. The smallest absolute Gasteiger partial charge is 0.306 e. The molecule has 0 spiro atoms. The number of benzene rings is 1. The van der Waals surface area contributed by atoms with Gasteiger partial charge in [-0.15, -0.1) is 10.2 Å². The standard InChI is InChI=1S/C15H16ClN3O2S/c16-12-3-1-10(2-4-12)9-13-17-18-15(22-13)19-7-5-11(6-8-19)14(20)21/h1-4,11H,5-9H2,(H,20,21). The summed E-state index contributed by atoms with van der Waals surface area (Å²) in [5.74, 6) is -0.918. The van der Waals surface area contributed by atoms with Gasteiger partial charge < -0.3 is 10.0 Å². The number of aromatic nitrogens is 2. The first-order valence-corrected chi connectivity index (χ1v) is 8.36. The molecule has 7 heteroatoms. The second-order valence-electron chi connectivity index (χ2n) is 5.38. The van der Waals surface area contributed by atoms with Crippen molar-refractivity contribution in [2.75, 3.05) is 18.0 Å². The van der Waals surface area contributed by atoms with Crippen molar-refractivity contribution in [2.24, 2.45) is 5.92 Å². The predicted molar refractivity (Wildman–Crippen MR) is 86.7 cm³/mol. The first kappa shape index (κ1) is 15.2. The fourth-order valence-corrected chi connectivity index (χ4v) is 3.59. The molecular weight excluding hydrogens is 322 g/mol. The van der Waals surface area contributed by atoms with Gasteiger partial charge in [-0.1, -0.05) is 35.1 Å². The molecule has 0 aliphatic carbocycles. The number of piperidine rings is 1. The van der Waals surface area contributed by atoms with Crippen molar-refractivity contribution in [2.45, 2.75) is 19.3 Å². The molecule has 22 heavy (non-hydrogen) atoms. The Balaban J connectivity index is 1.62. The molecule has 0 saturated carbocycles. The zero-order chi connectivity index (χ0) is 15.5. The first-order chi connectivity index (χ1) is 10.6. The van der Waals surface area contributed by atoms with E-state index in [1.807, 2.05) is 24.3 Å². The van der Waals surface area contributed by atoms with Crippen LogP contribution < -0.4 is 4.90 Å². The van der Waals surface area contributed by atoms with Crippen molar-refractivity contribution in [1.82, 2.24) is 10.2 Å². The Kier molecular flexibility index (Phi) is 4.59. The van der Waals surface area contributed by atoms with Crippen LogP contribution in [0.1, 0.15) is 23.4 Å². The predicted octanol–water partition coefficient (Wildman–Crippen LogP) is 3.08. The molecule has 0 radical (unpaired) electrons. The summed E-state index contributed by atoms with van der Waals surface area (Å²) < 4.78 is 0. The second-order valence-corrected chi connectivity index (χ2v) is 6.86. The summed E-state index contributed by atoms with van der Waals surface area (Å²) in [6.07, 6.45) is 2.07. The minimum atomic E-state index is -0.694. The topological polar surface area (TPSA) is 66.3 Å². The van der Waals surface area contributed by atoms with E-state index >= 15 is 0 Å². The van der Waals surface area contributed by atoms with Crippen LogP contribution >= 0.6 is 22.9 Å². The zero-order valence-corrected chi connectivity index (χ0v) is 13.5. The molecular formula is C15H16ClN3O2S. The van der Waals surface area contributed by atoms with Crippen LogP contribution in [0.3, 0.4) is 0 Å². The van der Waals surface area contributed by atoms with Gasteiger partial charge in [0.25, 0.3) is 0 Å². The lowest BCUT2D eigenvalue weighted by molar-refractivity contribution is -0.142. The number of carbonyl (C=O) groups is 1. The van der Waals surface area contributed by atoms with Gasteiger partial charge in [-0.25, -0.2) is 0 Å². The Morgan fingerprint density at radius 1 is 1.27 bits per heavy atom. The Labute approximate surface area is 137 Å². The van der Waals surface area contributed by atoms with Crippen LogP contribution in [0, 0.1) is 5.92 Å². The van der Waals surface area contributed by atoms with Gasteiger partial charge in [0, 0.05) is 24.5 Å². The quantitative estimate of drug-likeness (QED) is 0.928. The summed E-state index contributed by atoms with van der Waals surface area (Å²) >= 11 is 7.45. The third kappa shape index (κ3) is 3.56. The minimum absolute atomic E-state index is 0.224. The average molecular weight is 338 g/mol. The summed E-state index contributed by atoms with van der Waals surface area (Å²) in [5.41, 5.74) is 1.15. The van der Waals surface area contributed by atoms with Crippen molar-refractivity contribution in [3.05, 3.63) is 39.9 Å². The van der Waals surface area contributed by atoms with Gasteiger partial charge in [0.1, 0.15) is 5.01 Å². The molecule has 2 heterocycles. The molecule has 1 aromatic heterocycles. The van der Waals surface area contributed by atoms with Crippen LogP contribution in [0.4, 0.5) is 5.13 Å². The number of nitrogens with zero attached hydrogens (tertiary/aromatic N) is 3. The summed E-state index contributed by atoms with van der Waals surface area (Å²) in [7, 11) is 0. The number of halogens is 1. The molecule has 5 nitrogen and oxygen atoms in total. The van der Waals surface area contributed by atoms with E-state index in [4.69, 9.17) is 16.7 Å². The molecule has 2 aromatic rings. The molecule has 1 aromatic carbocycles. The lowest BCUT2D eigenvalue weighted by Crippen LogP contribution is -2.36. The molecule has 1 fully saturated rings. The summed E-state index contributed by atoms with van der Waals surface area (Å²) in [5, 5.41) is 20.1. The molecule has 0 atom stereocenters. The largest absolute Gasteiger partial charge is 0.481 e. The fraction of sp³-hybridized carbons (Fsp3) is 0.400. The van der Waals surface area contributed by atoms with Crippen molar-refractivity contribution in [1.29, 1.82) is 0 Å². The third-order valence-corrected chi connectivity index (χ3v) is 5.08. The van der Waals surface area contributed by atoms with Gasteiger partial charge in [0.05, 0.1) is 5.92 Å². The summed E-state index contributed by atoms with van der Waals surface area (Å²) in [6, 6.07) is 7.72. The molecule has 1 aliphatic rings. The molecule has 1 N–H and O–H groups in total. The molecule has 0 amide bonds. The van der Waals surface area contributed by atoms with Gasteiger partial charge in [-0.2, -0.15) is 0 Å². The normalized spacial score (nSPS) is 16.0. The van der Waals surface area contributed by atoms with E-state index < -0.39 is 5.97 Å². The lowest BCUT2D eigenvalue weighted by atomic mass is 9.98. The number of carboxylic acids is 1. The van der Waals surface area contributed by atoms with Crippen LogP contribution in [0.15, 0.2) is 24.3 Å². The Morgan fingerprint density at radius 3 is 2.59 bits per heavy atom. The first-order valence-electron chi connectivity index (χ1n) is 7.16. The Morgan fingerprint density at radius 2 is 1.95 bits per heavy atom. The van der Waals surface area contributed by atoms with Crippen LogP contribution in [0.5, 0.6) is 0 Å². The number of hydrogen-bond donors (Lipinski definition) is 1. The number of hydrogen-bond acceptors (Lipinski definition) is 5. The molecule has 3 rings (SSSR count). The van der Waals surface area contributed by atoms with E-state index in [-0.39, 0.29) is 5.92 Å². The highest BCUT2D eigenvalue weighted by molar-refractivity contribution is 7.15. The highest BCUT2D eigenvalue weighted by Crippen LogP contribution is 2.27. The Bertz CT molecular complexity index is 651.